The molecule has 0 bridgehead atoms. The highest BCUT2D eigenvalue weighted by atomic mass is 79.9. The molecule has 21 heavy (non-hydrogen) atoms. The molecule has 0 radical (unpaired) electrons. The Morgan fingerprint density at radius 1 is 1.14 bits per heavy atom. The Labute approximate surface area is 147 Å². The topological polar surface area (TPSA) is 9.23 Å². The van der Waals surface area contributed by atoms with Gasteiger partial charge in [-0.25, -0.2) is 0 Å². The van der Waals surface area contributed by atoms with Gasteiger partial charge in [-0.05, 0) is 54.3 Å². The van der Waals surface area contributed by atoms with E-state index in [-0.39, 0.29) is 5.38 Å². The molecule has 0 spiro atoms. The minimum Gasteiger partial charge on any atom is -0.494 e. The Kier molecular flexibility index (Phi) is 6.15. The van der Waals surface area contributed by atoms with Gasteiger partial charge in [0.15, 0.2) is 0 Å². The highest BCUT2D eigenvalue weighted by Gasteiger charge is 2.16. The van der Waals surface area contributed by atoms with E-state index in [2.05, 4.69) is 57.8 Å². The summed E-state index contributed by atoms with van der Waals surface area (Å²) in [6, 6.07) is 12.1. The third kappa shape index (κ3) is 4.24. The zero-order valence-corrected chi connectivity index (χ0v) is 15.9. The molecule has 1 nitrogen and oxygen atoms in total. The molecule has 4 heteroatoms. The minimum absolute atomic E-state index is 0.221. The maximum Gasteiger partial charge on any atom is 0.119 e. The summed E-state index contributed by atoms with van der Waals surface area (Å²) in [4.78, 5) is 0. The molecule has 2 aromatic rings. The van der Waals surface area contributed by atoms with Crippen molar-refractivity contribution in [1.29, 1.82) is 0 Å². The molecule has 0 aliphatic carbocycles. The van der Waals surface area contributed by atoms with Crippen LogP contribution in [0.3, 0.4) is 0 Å². The number of ether oxygens (including phenoxy) is 1. The van der Waals surface area contributed by atoms with Crippen molar-refractivity contribution in [2.24, 2.45) is 0 Å². The lowest BCUT2D eigenvalue weighted by molar-refractivity contribution is 0.317. The van der Waals surface area contributed by atoms with Crippen LogP contribution in [0.5, 0.6) is 5.75 Å². The van der Waals surface area contributed by atoms with E-state index in [0.29, 0.717) is 0 Å². The van der Waals surface area contributed by atoms with Gasteiger partial charge in [-0.2, -0.15) is 0 Å². The van der Waals surface area contributed by atoms with Crippen molar-refractivity contribution in [3.05, 3.63) is 62.0 Å². The van der Waals surface area contributed by atoms with Crippen LogP contribution in [-0.2, 0) is 0 Å². The van der Waals surface area contributed by atoms with Crippen LogP contribution in [-0.4, -0.2) is 6.61 Å². The van der Waals surface area contributed by atoms with Crippen molar-refractivity contribution in [3.8, 4) is 5.75 Å². The molecule has 0 heterocycles. The lowest BCUT2D eigenvalue weighted by atomic mass is 10.0. The number of aryl methyl sites for hydroxylation is 1. The van der Waals surface area contributed by atoms with Gasteiger partial charge in [0.05, 0.1) is 12.0 Å². The molecule has 0 fully saturated rings. The molecule has 0 saturated carbocycles. The Morgan fingerprint density at radius 2 is 1.90 bits per heavy atom. The monoisotopic (exact) mass is 430 g/mol. The first-order valence-electron chi connectivity index (χ1n) is 6.85. The number of hydrogen-bond acceptors (Lipinski definition) is 1. The average Bonchev–Trinajstić information content (AvgIpc) is 2.48. The number of benzene rings is 2. The molecular formula is C17H17Br2ClO. The molecule has 0 aromatic heterocycles. The summed E-state index contributed by atoms with van der Waals surface area (Å²) in [5, 5.41) is -0.221. The predicted molar refractivity (Wildman–Crippen MR) is 96.5 cm³/mol. The van der Waals surface area contributed by atoms with Crippen LogP contribution in [0.15, 0.2) is 45.3 Å². The van der Waals surface area contributed by atoms with E-state index < -0.39 is 0 Å². The fourth-order valence-corrected chi connectivity index (χ4v) is 3.51. The van der Waals surface area contributed by atoms with Gasteiger partial charge in [0.2, 0.25) is 0 Å². The van der Waals surface area contributed by atoms with Gasteiger partial charge in [0, 0.05) is 8.95 Å². The van der Waals surface area contributed by atoms with Crippen LogP contribution in [0.2, 0.25) is 0 Å². The first kappa shape index (κ1) is 16.9. The molecule has 112 valence electrons. The summed E-state index contributed by atoms with van der Waals surface area (Å²) >= 11 is 13.8. The largest absolute Gasteiger partial charge is 0.494 e. The summed E-state index contributed by atoms with van der Waals surface area (Å²) in [6.07, 6.45) is 0.991. The second-order valence-electron chi connectivity index (χ2n) is 4.91. The first-order valence-corrected chi connectivity index (χ1v) is 8.87. The van der Waals surface area contributed by atoms with E-state index in [4.69, 9.17) is 16.3 Å². The van der Waals surface area contributed by atoms with Gasteiger partial charge in [-0.15, -0.1) is 11.6 Å². The predicted octanol–water partition coefficient (Wildman–Crippen LogP) is 6.64. The highest BCUT2D eigenvalue weighted by Crippen LogP contribution is 2.37. The third-order valence-electron chi connectivity index (χ3n) is 3.17. The van der Waals surface area contributed by atoms with Crippen LogP contribution < -0.4 is 4.74 Å². The van der Waals surface area contributed by atoms with E-state index in [1.165, 1.54) is 5.56 Å². The molecule has 2 rings (SSSR count). The maximum absolute atomic E-state index is 6.66. The smallest absolute Gasteiger partial charge is 0.119 e. The second kappa shape index (κ2) is 7.66. The maximum atomic E-state index is 6.66. The van der Waals surface area contributed by atoms with Crippen molar-refractivity contribution < 1.29 is 4.74 Å². The second-order valence-corrected chi connectivity index (χ2v) is 7.05. The number of rotatable bonds is 5. The van der Waals surface area contributed by atoms with E-state index in [1.54, 1.807) is 0 Å². The Bertz CT molecular complexity index is 628. The van der Waals surface area contributed by atoms with Crippen LogP contribution >= 0.6 is 43.5 Å². The standard InChI is InChI=1S/C17H17Br2ClO/c1-3-7-21-13-6-4-5-12(9-13)17(20)14-10-15(18)11(2)8-16(14)19/h4-6,8-10,17H,3,7H2,1-2H3. The molecule has 0 aliphatic heterocycles. The molecule has 1 unspecified atom stereocenters. The summed E-state index contributed by atoms with van der Waals surface area (Å²) < 4.78 is 7.75. The Hall–Kier alpha value is -0.510. The van der Waals surface area contributed by atoms with Crippen molar-refractivity contribution in [3.63, 3.8) is 0 Å². The molecule has 0 saturated heterocycles. The van der Waals surface area contributed by atoms with Crippen LogP contribution in [0, 0.1) is 6.92 Å². The van der Waals surface area contributed by atoms with Gasteiger partial charge in [-0.1, -0.05) is 50.9 Å². The van der Waals surface area contributed by atoms with Gasteiger partial charge < -0.3 is 4.74 Å². The van der Waals surface area contributed by atoms with Gasteiger partial charge in [-0.3, -0.25) is 0 Å². The van der Waals surface area contributed by atoms with Crippen LogP contribution in [0.25, 0.3) is 0 Å². The summed E-state index contributed by atoms with van der Waals surface area (Å²) in [5.74, 6) is 0.863. The fourth-order valence-electron chi connectivity index (χ4n) is 2.02. The highest BCUT2D eigenvalue weighted by molar-refractivity contribution is 9.11. The Morgan fingerprint density at radius 3 is 2.62 bits per heavy atom. The molecule has 0 amide bonds. The lowest BCUT2D eigenvalue weighted by Gasteiger charge is -2.15. The third-order valence-corrected chi connectivity index (χ3v) is 5.20. The van der Waals surface area contributed by atoms with Crippen LogP contribution in [0.4, 0.5) is 0 Å². The SMILES string of the molecule is CCCOc1cccc(C(Cl)c2cc(Br)c(C)cc2Br)c1. The van der Waals surface area contributed by atoms with Crippen molar-refractivity contribution in [2.45, 2.75) is 25.6 Å². The molecule has 2 aromatic carbocycles. The zero-order chi connectivity index (χ0) is 15.4. The van der Waals surface area contributed by atoms with Crippen molar-refractivity contribution >= 4 is 43.5 Å². The molecule has 1 atom stereocenters. The molecule has 0 aliphatic rings. The average molecular weight is 433 g/mol. The summed E-state index contributed by atoms with van der Waals surface area (Å²) in [6.45, 7) is 4.87. The lowest BCUT2D eigenvalue weighted by Crippen LogP contribution is -1.99. The number of hydrogen-bond donors (Lipinski definition) is 0. The van der Waals surface area contributed by atoms with E-state index in [1.807, 2.05) is 24.3 Å². The number of halogens is 3. The fraction of sp³-hybridized carbons (Fsp3) is 0.294. The van der Waals surface area contributed by atoms with Crippen LogP contribution in [0.1, 0.15) is 35.4 Å². The van der Waals surface area contributed by atoms with Crippen molar-refractivity contribution in [2.75, 3.05) is 6.61 Å². The normalized spacial score (nSPS) is 12.2. The van der Waals surface area contributed by atoms with Gasteiger partial charge in [0.25, 0.3) is 0 Å². The summed E-state index contributed by atoms with van der Waals surface area (Å²) in [5.41, 5.74) is 3.25. The Balaban J connectivity index is 2.31. The summed E-state index contributed by atoms with van der Waals surface area (Å²) in [7, 11) is 0. The van der Waals surface area contributed by atoms with E-state index >= 15 is 0 Å². The van der Waals surface area contributed by atoms with E-state index in [0.717, 1.165) is 38.8 Å². The number of alkyl halides is 1. The molecule has 0 N–H and O–H groups in total. The van der Waals surface area contributed by atoms with Gasteiger partial charge in [0.1, 0.15) is 5.75 Å². The van der Waals surface area contributed by atoms with E-state index in [9.17, 15) is 0 Å². The minimum atomic E-state index is -0.221. The zero-order valence-electron chi connectivity index (χ0n) is 12.0. The van der Waals surface area contributed by atoms with Crippen molar-refractivity contribution in [1.82, 2.24) is 0 Å². The molecular weight excluding hydrogens is 415 g/mol. The quantitative estimate of drug-likeness (QED) is 0.482. The first-order chi connectivity index (χ1) is 10.0. The van der Waals surface area contributed by atoms with Gasteiger partial charge >= 0.3 is 0 Å².